The first-order valence-corrected chi connectivity index (χ1v) is 7.80. The predicted molar refractivity (Wildman–Crippen MR) is 72.7 cm³/mol. The van der Waals surface area contributed by atoms with E-state index in [1.165, 1.54) is 23.3 Å². The summed E-state index contributed by atoms with van der Waals surface area (Å²) < 4.78 is 20.8. The van der Waals surface area contributed by atoms with Gasteiger partial charge in [-0.2, -0.15) is 9.36 Å². The van der Waals surface area contributed by atoms with Gasteiger partial charge < -0.3 is 19.3 Å². The maximum absolute atomic E-state index is 9.18. The molecule has 0 spiro atoms. The Morgan fingerprint density at radius 3 is 3.05 bits per heavy atom. The lowest BCUT2D eigenvalue weighted by Crippen LogP contribution is -2.25. The van der Waals surface area contributed by atoms with E-state index in [0.29, 0.717) is 29.3 Å². The molecule has 0 bridgehead atoms. The molecule has 1 aromatic heterocycles. The third-order valence-corrected chi connectivity index (χ3v) is 4.14. The van der Waals surface area contributed by atoms with Crippen molar-refractivity contribution in [3.8, 4) is 5.19 Å². The van der Waals surface area contributed by atoms with Gasteiger partial charge in [0.1, 0.15) is 12.7 Å². The molecule has 0 aromatic carbocycles. The molecule has 0 radical (unpaired) electrons. The van der Waals surface area contributed by atoms with Crippen molar-refractivity contribution < 1.29 is 19.3 Å². The van der Waals surface area contributed by atoms with E-state index >= 15 is 0 Å². The molecule has 1 N–H and O–H groups in total. The number of hydrogen-bond acceptors (Lipinski definition) is 8. The highest BCUT2D eigenvalue weighted by molar-refractivity contribution is 7.99. The zero-order valence-electron chi connectivity index (χ0n) is 11.2. The summed E-state index contributed by atoms with van der Waals surface area (Å²) in [5.41, 5.74) is 0. The van der Waals surface area contributed by atoms with Crippen molar-refractivity contribution in [1.82, 2.24) is 9.36 Å². The SMILES string of the molecule is CC(O)CSc1nsc(OCC2COC(C)(C)O2)n1. The number of aromatic nitrogens is 2. The standard InChI is InChI=1S/C11H18N2O4S2/c1-7(14)6-18-9-12-10(19-13-9)15-4-8-5-16-11(2,3)17-8/h7-8,14H,4-6H2,1-3H3. The van der Waals surface area contributed by atoms with Crippen molar-refractivity contribution in [1.29, 1.82) is 0 Å². The molecule has 1 aromatic rings. The smallest absolute Gasteiger partial charge is 0.294 e. The zero-order valence-corrected chi connectivity index (χ0v) is 12.8. The molecule has 2 heterocycles. The Bertz CT molecular complexity index is 411. The highest BCUT2D eigenvalue weighted by atomic mass is 32.2. The average molecular weight is 306 g/mol. The number of thioether (sulfide) groups is 1. The fourth-order valence-electron chi connectivity index (χ4n) is 1.52. The van der Waals surface area contributed by atoms with Crippen LogP contribution in [-0.2, 0) is 9.47 Å². The second-order valence-electron chi connectivity index (χ2n) is 4.76. The summed E-state index contributed by atoms with van der Waals surface area (Å²) in [6.45, 7) is 6.41. The van der Waals surface area contributed by atoms with Crippen LogP contribution in [0.25, 0.3) is 0 Å². The van der Waals surface area contributed by atoms with E-state index in [1.54, 1.807) is 6.92 Å². The van der Waals surface area contributed by atoms with E-state index < -0.39 is 5.79 Å². The Labute approximate surface area is 120 Å². The van der Waals surface area contributed by atoms with Gasteiger partial charge in [0.25, 0.3) is 5.19 Å². The van der Waals surface area contributed by atoms with E-state index in [1.807, 2.05) is 13.8 Å². The quantitative estimate of drug-likeness (QED) is 0.799. The van der Waals surface area contributed by atoms with E-state index in [4.69, 9.17) is 14.2 Å². The molecule has 0 amide bonds. The van der Waals surface area contributed by atoms with Crippen LogP contribution in [0.2, 0.25) is 0 Å². The Balaban J connectivity index is 1.74. The van der Waals surface area contributed by atoms with Crippen LogP contribution in [0.4, 0.5) is 0 Å². The van der Waals surface area contributed by atoms with Gasteiger partial charge in [-0.25, -0.2) is 0 Å². The van der Waals surface area contributed by atoms with Crippen molar-refractivity contribution in [2.24, 2.45) is 0 Å². The van der Waals surface area contributed by atoms with Crippen LogP contribution in [0.5, 0.6) is 5.19 Å². The van der Waals surface area contributed by atoms with Gasteiger partial charge in [-0.3, -0.25) is 0 Å². The van der Waals surface area contributed by atoms with Gasteiger partial charge in [0, 0.05) is 17.3 Å². The molecule has 108 valence electrons. The number of hydrogen-bond donors (Lipinski definition) is 1. The van der Waals surface area contributed by atoms with Crippen LogP contribution < -0.4 is 4.74 Å². The number of rotatable bonds is 6. The fourth-order valence-corrected chi connectivity index (χ4v) is 2.88. The van der Waals surface area contributed by atoms with Crippen LogP contribution in [0, 0.1) is 0 Å². The number of aliphatic hydroxyl groups is 1. The van der Waals surface area contributed by atoms with Gasteiger partial charge in [0.05, 0.1) is 12.7 Å². The lowest BCUT2D eigenvalue weighted by Gasteiger charge is -2.16. The summed E-state index contributed by atoms with van der Waals surface area (Å²) in [6, 6.07) is 0. The van der Waals surface area contributed by atoms with Crippen LogP contribution in [0.1, 0.15) is 20.8 Å². The van der Waals surface area contributed by atoms with E-state index in [2.05, 4.69) is 9.36 Å². The molecule has 1 saturated heterocycles. The lowest BCUT2D eigenvalue weighted by atomic mass is 10.4. The first kappa shape index (κ1) is 15.0. The van der Waals surface area contributed by atoms with Gasteiger partial charge in [0.2, 0.25) is 5.16 Å². The molecule has 2 unspecified atom stereocenters. The van der Waals surface area contributed by atoms with Gasteiger partial charge in [-0.05, 0) is 20.8 Å². The Kier molecular flexibility index (Phi) is 5.02. The number of nitrogens with zero attached hydrogens (tertiary/aromatic N) is 2. The third-order valence-electron chi connectivity index (χ3n) is 2.30. The monoisotopic (exact) mass is 306 g/mol. The molecular weight excluding hydrogens is 288 g/mol. The first-order valence-electron chi connectivity index (χ1n) is 6.04. The molecule has 1 aliphatic heterocycles. The maximum atomic E-state index is 9.18. The molecule has 1 aliphatic rings. The molecule has 1 fully saturated rings. The van der Waals surface area contributed by atoms with Crippen molar-refractivity contribution >= 4 is 23.3 Å². The Hall–Kier alpha value is -0.410. The minimum absolute atomic E-state index is 0.0764. The van der Waals surface area contributed by atoms with Gasteiger partial charge in [-0.15, -0.1) is 0 Å². The molecule has 8 heteroatoms. The predicted octanol–water partition coefficient (Wildman–Crippen LogP) is 1.54. The fraction of sp³-hybridized carbons (Fsp3) is 0.818. The average Bonchev–Trinajstić information content (AvgIpc) is 2.90. The highest BCUT2D eigenvalue weighted by Gasteiger charge is 2.33. The van der Waals surface area contributed by atoms with E-state index in [-0.39, 0.29) is 12.2 Å². The number of ether oxygens (including phenoxy) is 3. The lowest BCUT2D eigenvalue weighted by molar-refractivity contribution is -0.141. The van der Waals surface area contributed by atoms with Crippen LogP contribution in [-0.4, -0.2) is 51.4 Å². The molecule has 0 saturated carbocycles. The van der Waals surface area contributed by atoms with E-state index in [0.717, 1.165) is 0 Å². The van der Waals surface area contributed by atoms with Gasteiger partial charge >= 0.3 is 0 Å². The normalized spacial score (nSPS) is 23.5. The summed E-state index contributed by atoms with van der Waals surface area (Å²) in [5.74, 6) is 0.0391. The second-order valence-corrected chi connectivity index (χ2v) is 6.47. The molecule has 19 heavy (non-hydrogen) atoms. The Morgan fingerprint density at radius 2 is 2.42 bits per heavy atom. The van der Waals surface area contributed by atoms with Crippen LogP contribution in [0.15, 0.2) is 5.16 Å². The second kappa shape index (κ2) is 6.36. The van der Waals surface area contributed by atoms with Crippen molar-refractivity contribution in [3.63, 3.8) is 0 Å². The maximum Gasteiger partial charge on any atom is 0.294 e. The largest absolute Gasteiger partial charge is 0.466 e. The number of aliphatic hydroxyl groups excluding tert-OH is 1. The van der Waals surface area contributed by atoms with Crippen LogP contribution in [0.3, 0.4) is 0 Å². The van der Waals surface area contributed by atoms with Crippen molar-refractivity contribution in [2.45, 2.75) is 43.9 Å². The summed E-state index contributed by atoms with van der Waals surface area (Å²) in [7, 11) is 0. The molecule has 2 atom stereocenters. The van der Waals surface area contributed by atoms with Crippen molar-refractivity contribution in [3.05, 3.63) is 0 Å². The molecule has 0 aliphatic carbocycles. The van der Waals surface area contributed by atoms with Gasteiger partial charge in [-0.1, -0.05) is 11.8 Å². The minimum Gasteiger partial charge on any atom is -0.466 e. The van der Waals surface area contributed by atoms with Gasteiger partial charge in [0.15, 0.2) is 5.79 Å². The summed E-state index contributed by atoms with van der Waals surface area (Å²) in [6.07, 6.45) is -0.448. The summed E-state index contributed by atoms with van der Waals surface area (Å²) in [4.78, 5) is 4.22. The van der Waals surface area contributed by atoms with E-state index in [9.17, 15) is 5.11 Å². The summed E-state index contributed by atoms with van der Waals surface area (Å²) >= 11 is 2.61. The van der Waals surface area contributed by atoms with Crippen LogP contribution >= 0.6 is 23.3 Å². The topological polar surface area (TPSA) is 73.7 Å². The molecule has 6 nitrogen and oxygen atoms in total. The first-order chi connectivity index (χ1) is 8.94. The molecular formula is C11H18N2O4S2. The van der Waals surface area contributed by atoms with Crippen molar-refractivity contribution in [2.75, 3.05) is 19.0 Å². The minimum atomic E-state index is -0.534. The zero-order chi connectivity index (χ0) is 13.9. The highest BCUT2D eigenvalue weighted by Crippen LogP contribution is 2.25. The third kappa shape index (κ3) is 4.88. The Morgan fingerprint density at radius 1 is 1.63 bits per heavy atom. The molecule has 2 rings (SSSR count). The summed E-state index contributed by atoms with van der Waals surface area (Å²) in [5, 5.41) is 10.3.